The minimum atomic E-state index is -0.216. The molecule has 0 spiro atoms. The number of carbonyl (C=O) groups excluding carboxylic acids is 1. The van der Waals surface area contributed by atoms with Gasteiger partial charge in [0.1, 0.15) is 11.5 Å². The van der Waals surface area contributed by atoms with E-state index in [0.29, 0.717) is 28.8 Å². The number of hydrogen-bond acceptors (Lipinski definition) is 6. The number of aryl methyl sites for hydroxylation is 2. The molecular formula is C20H18N6O2. The Bertz CT molecular complexity index is 1140. The second-order valence-electron chi connectivity index (χ2n) is 6.32. The highest BCUT2D eigenvalue weighted by atomic mass is 16.5. The summed E-state index contributed by atoms with van der Waals surface area (Å²) in [6.07, 6.45) is 3.36. The fraction of sp³-hybridized carbons (Fsp3) is 0.150. The van der Waals surface area contributed by atoms with E-state index in [2.05, 4.69) is 25.4 Å². The summed E-state index contributed by atoms with van der Waals surface area (Å²) in [7, 11) is 0. The number of aromatic nitrogens is 5. The second-order valence-corrected chi connectivity index (χ2v) is 6.32. The van der Waals surface area contributed by atoms with E-state index in [9.17, 15) is 4.79 Å². The number of amides is 1. The predicted octanol–water partition coefficient (Wildman–Crippen LogP) is 3.11. The summed E-state index contributed by atoms with van der Waals surface area (Å²) in [6, 6.07) is 12.6. The van der Waals surface area contributed by atoms with Crippen molar-refractivity contribution >= 4 is 17.4 Å². The molecule has 0 fully saturated rings. The summed E-state index contributed by atoms with van der Waals surface area (Å²) >= 11 is 0. The first-order chi connectivity index (χ1) is 13.6. The van der Waals surface area contributed by atoms with Crippen LogP contribution in [0, 0.1) is 13.8 Å². The van der Waals surface area contributed by atoms with Gasteiger partial charge in [0.2, 0.25) is 5.91 Å². The Balaban J connectivity index is 1.45. The number of ether oxygens (including phenoxy) is 1. The Hall–Kier alpha value is -3.81. The van der Waals surface area contributed by atoms with Gasteiger partial charge in [0.05, 0.1) is 6.42 Å². The standard InChI is InChI=1S/C20H18N6O2/c1-13-10-14(2)26-20(22-13)24-18(25-26)12-19(27)23-15-4-3-5-17(11-15)28-16-6-8-21-9-7-16/h3-11H,12H2,1-2H3,(H,23,27). The first-order valence-electron chi connectivity index (χ1n) is 8.74. The van der Waals surface area contributed by atoms with Crippen LogP contribution in [0.5, 0.6) is 11.5 Å². The van der Waals surface area contributed by atoms with Crippen LogP contribution in [0.15, 0.2) is 54.9 Å². The molecule has 1 N–H and O–H groups in total. The van der Waals surface area contributed by atoms with Crippen molar-refractivity contribution in [2.24, 2.45) is 0 Å². The normalized spacial score (nSPS) is 10.8. The van der Waals surface area contributed by atoms with Crippen LogP contribution >= 0.6 is 0 Å². The SMILES string of the molecule is Cc1cc(C)n2nc(CC(=O)Nc3cccc(Oc4ccncc4)c3)nc2n1. The van der Waals surface area contributed by atoms with Crippen molar-refractivity contribution in [2.75, 3.05) is 5.32 Å². The summed E-state index contributed by atoms with van der Waals surface area (Å²) in [5, 5.41) is 7.21. The summed E-state index contributed by atoms with van der Waals surface area (Å²) < 4.78 is 7.39. The van der Waals surface area contributed by atoms with Crippen LogP contribution in [0.25, 0.3) is 5.78 Å². The summed E-state index contributed by atoms with van der Waals surface area (Å²) in [4.78, 5) is 25.0. The van der Waals surface area contributed by atoms with Crippen molar-refractivity contribution in [1.82, 2.24) is 24.6 Å². The lowest BCUT2D eigenvalue weighted by Crippen LogP contribution is -2.15. The van der Waals surface area contributed by atoms with Crippen LogP contribution in [0.4, 0.5) is 5.69 Å². The highest BCUT2D eigenvalue weighted by Crippen LogP contribution is 2.23. The zero-order valence-electron chi connectivity index (χ0n) is 15.5. The predicted molar refractivity (Wildman–Crippen MR) is 103 cm³/mol. The molecule has 140 valence electrons. The van der Waals surface area contributed by atoms with Gasteiger partial charge in [-0.3, -0.25) is 9.78 Å². The van der Waals surface area contributed by atoms with E-state index < -0.39 is 0 Å². The van der Waals surface area contributed by atoms with Gasteiger partial charge in [-0.25, -0.2) is 9.50 Å². The molecule has 8 heteroatoms. The molecule has 1 aromatic carbocycles. The van der Waals surface area contributed by atoms with E-state index >= 15 is 0 Å². The number of benzene rings is 1. The Labute approximate surface area is 161 Å². The highest BCUT2D eigenvalue weighted by molar-refractivity contribution is 5.92. The fourth-order valence-electron chi connectivity index (χ4n) is 2.81. The zero-order valence-corrected chi connectivity index (χ0v) is 15.5. The van der Waals surface area contributed by atoms with E-state index in [1.165, 1.54) is 0 Å². The number of carbonyl (C=O) groups is 1. The molecule has 8 nitrogen and oxygen atoms in total. The number of rotatable bonds is 5. The maximum atomic E-state index is 12.4. The van der Waals surface area contributed by atoms with Gasteiger partial charge in [0.25, 0.3) is 5.78 Å². The Kier molecular flexibility index (Phi) is 4.67. The third kappa shape index (κ3) is 3.96. The summed E-state index contributed by atoms with van der Waals surface area (Å²) in [5.41, 5.74) is 2.41. The number of fused-ring (bicyclic) bond motifs is 1. The van der Waals surface area contributed by atoms with Crippen LogP contribution < -0.4 is 10.1 Å². The molecule has 3 aromatic heterocycles. The van der Waals surface area contributed by atoms with Gasteiger partial charge >= 0.3 is 0 Å². The molecule has 0 radical (unpaired) electrons. The van der Waals surface area contributed by atoms with Crippen molar-refractivity contribution in [3.63, 3.8) is 0 Å². The van der Waals surface area contributed by atoms with Crippen LogP contribution in [0.3, 0.4) is 0 Å². The first kappa shape index (κ1) is 17.6. The minimum absolute atomic E-state index is 0.0529. The van der Waals surface area contributed by atoms with Gasteiger partial charge in [-0.05, 0) is 44.2 Å². The molecule has 0 unspecified atom stereocenters. The molecular weight excluding hydrogens is 356 g/mol. The third-order valence-electron chi connectivity index (χ3n) is 3.98. The lowest BCUT2D eigenvalue weighted by molar-refractivity contribution is -0.115. The molecule has 28 heavy (non-hydrogen) atoms. The summed E-state index contributed by atoms with van der Waals surface area (Å²) in [5.74, 6) is 1.98. The summed E-state index contributed by atoms with van der Waals surface area (Å²) in [6.45, 7) is 3.82. The van der Waals surface area contributed by atoms with Crippen molar-refractivity contribution in [1.29, 1.82) is 0 Å². The van der Waals surface area contributed by atoms with Crippen molar-refractivity contribution in [3.05, 3.63) is 72.1 Å². The zero-order chi connectivity index (χ0) is 19.5. The maximum Gasteiger partial charge on any atom is 0.252 e. The third-order valence-corrected chi connectivity index (χ3v) is 3.98. The Morgan fingerprint density at radius 2 is 1.89 bits per heavy atom. The topological polar surface area (TPSA) is 94.3 Å². The second kappa shape index (κ2) is 7.43. The van der Waals surface area contributed by atoms with Crippen molar-refractivity contribution in [2.45, 2.75) is 20.3 Å². The maximum absolute atomic E-state index is 12.4. The molecule has 0 aliphatic heterocycles. The quantitative estimate of drug-likeness (QED) is 0.577. The van der Waals surface area contributed by atoms with Crippen LogP contribution in [0.1, 0.15) is 17.2 Å². The number of hydrogen-bond donors (Lipinski definition) is 1. The number of pyridine rings is 1. The lowest BCUT2D eigenvalue weighted by atomic mass is 10.3. The monoisotopic (exact) mass is 374 g/mol. The van der Waals surface area contributed by atoms with Gasteiger partial charge in [-0.2, -0.15) is 4.98 Å². The van der Waals surface area contributed by atoms with Crippen LogP contribution in [-0.2, 0) is 11.2 Å². The molecule has 0 saturated heterocycles. The van der Waals surface area contributed by atoms with Crippen molar-refractivity contribution < 1.29 is 9.53 Å². The molecule has 4 rings (SSSR count). The number of nitrogens with one attached hydrogen (secondary N) is 1. The Morgan fingerprint density at radius 1 is 1.07 bits per heavy atom. The van der Waals surface area contributed by atoms with E-state index in [-0.39, 0.29) is 12.3 Å². The van der Waals surface area contributed by atoms with E-state index in [1.54, 1.807) is 41.2 Å². The van der Waals surface area contributed by atoms with Gasteiger partial charge < -0.3 is 10.1 Å². The molecule has 0 saturated carbocycles. The lowest BCUT2D eigenvalue weighted by Gasteiger charge is -2.08. The smallest absolute Gasteiger partial charge is 0.252 e. The van der Waals surface area contributed by atoms with Crippen LogP contribution in [0.2, 0.25) is 0 Å². The highest BCUT2D eigenvalue weighted by Gasteiger charge is 2.12. The molecule has 0 atom stereocenters. The Morgan fingerprint density at radius 3 is 2.71 bits per heavy atom. The van der Waals surface area contributed by atoms with Gasteiger partial charge in [-0.15, -0.1) is 5.10 Å². The number of anilines is 1. The average molecular weight is 374 g/mol. The fourth-order valence-corrected chi connectivity index (χ4v) is 2.81. The molecule has 0 aliphatic rings. The van der Waals surface area contributed by atoms with Gasteiger partial charge in [-0.1, -0.05) is 6.07 Å². The molecule has 0 aliphatic carbocycles. The van der Waals surface area contributed by atoms with E-state index in [0.717, 1.165) is 11.4 Å². The van der Waals surface area contributed by atoms with Crippen molar-refractivity contribution in [3.8, 4) is 11.5 Å². The molecule has 0 bridgehead atoms. The first-order valence-corrected chi connectivity index (χ1v) is 8.74. The molecule has 1 amide bonds. The van der Waals surface area contributed by atoms with E-state index in [1.807, 2.05) is 32.0 Å². The van der Waals surface area contributed by atoms with Gasteiger partial charge in [0.15, 0.2) is 5.82 Å². The minimum Gasteiger partial charge on any atom is -0.457 e. The molecule has 4 aromatic rings. The van der Waals surface area contributed by atoms with Crippen LogP contribution in [-0.4, -0.2) is 30.5 Å². The van der Waals surface area contributed by atoms with E-state index in [4.69, 9.17) is 4.74 Å². The number of nitrogens with zero attached hydrogens (tertiary/aromatic N) is 5. The average Bonchev–Trinajstić information content (AvgIpc) is 3.05. The van der Waals surface area contributed by atoms with Gasteiger partial charge in [0, 0.05) is 35.5 Å². The largest absolute Gasteiger partial charge is 0.457 e. The molecule has 3 heterocycles.